The predicted molar refractivity (Wildman–Crippen MR) is 70.6 cm³/mol. The Kier molecular flexibility index (Phi) is 4.08. The van der Waals surface area contributed by atoms with Gasteiger partial charge in [0.1, 0.15) is 0 Å². The van der Waals surface area contributed by atoms with Crippen molar-refractivity contribution in [3.63, 3.8) is 0 Å². The highest BCUT2D eigenvalue weighted by atomic mass is 19.3. The fourth-order valence-electron chi connectivity index (χ4n) is 1.83. The summed E-state index contributed by atoms with van der Waals surface area (Å²) in [5, 5.41) is 8.39. The number of aryl methyl sites for hydroxylation is 1. The minimum Gasteiger partial charge on any atom is -0.477 e. The number of hydrogen-bond acceptors (Lipinski definition) is 2. The van der Waals surface area contributed by atoms with Gasteiger partial charge in [-0.3, -0.25) is 4.98 Å². The van der Waals surface area contributed by atoms with E-state index in [1.807, 2.05) is 18.2 Å². The van der Waals surface area contributed by atoms with Crippen LogP contribution in [0.15, 0.2) is 48.7 Å². The van der Waals surface area contributed by atoms with Crippen LogP contribution < -0.4 is 0 Å². The van der Waals surface area contributed by atoms with Gasteiger partial charge in [-0.05, 0) is 30.2 Å². The van der Waals surface area contributed by atoms with E-state index in [-0.39, 0.29) is 6.42 Å². The zero-order valence-electron chi connectivity index (χ0n) is 10.6. The van der Waals surface area contributed by atoms with Crippen molar-refractivity contribution in [2.75, 3.05) is 0 Å². The van der Waals surface area contributed by atoms with Gasteiger partial charge in [-0.25, -0.2) is 4.79 Å². The lowest BCUT2D eigenvalue weighted by Crippen LogP contribution is -2.28. The number of benzene rings is 1. The van der Waals surface area contributed by atoms with E-state index >= 15 is 0 Å². The average molecular weight is 277 g/mol. The number of carboxylic acid groups (broad SMARTS) is 1. The highest BCUT2D eigenvalue weighted by Gasteiger charge is 2.37. The first kappa shape index (κ1) is 14.1. The van der Waals surface area contributed by atoms with Crippen LogP contribution in [-0.4, -0.2) is 22.0 Å². The van der Waals surface area contributed by atoms with Crippen LogP contribution in [0.1, 0.15) is 12.0 Å². The summed E-state index contributed by atoms with van der Waals surface area (Å²) in [7, 11) is 0. The van der Waals surface area contributed by atoms with Crippen molar-refractivity contribution < 1.29 is 18.7 Å². The van der Waals surface area contributed by atoms with Crippen LogP contribution in [0.3, 0.4) is 0 Å². The first-order valence-electron chi connectivity index (χ1n) is 6.10. The zero-order chi connectivity index (χ0) is 14.6. The molecule has 0 atom stereocenters. The van der Waals surface area contributed by atoms with Crippen LogP contribution in [-0.2, 0) is 11.2 Å². The second kappa shape index (κ2) is 5.77. The molecule has 0 fully saturated rings. The van der Waals surface area contributed by atoms with E-state index in [0.29, 0.717) is 5.56 Å². The molecular weight excluding hydrogens is 264 g/mol. The van der Waals surface area contributed by atoms with E-state index in [1.54, 1.807) is 30.5 Å². The zero-order valence-corrected chi connectivity index (χ0v) is 10.6. The van der Waals surface area contributed by atoms with E-state index in [1.165, 1.54) is 0 Å². The lowest BCUT2D eigenvalue weighted by Gasteiger charge is -2.11. The third-order valence-corrected chi connectivity index (χ3v) is 2.93. The van der Waals surface area contributed by atoms with Crippen molar-refractivity contribution in [1.82, 2.24) is 4.98 Å². The SMILES string of the molecule is O=C(O)C(F)(F)CCc1cccc(-c2ccccn2)c1. The van der Waals surface area contributed by atoms with Gasteiger partial charge in [0, 0.05) is 18.2 Å². The molecular formula is C15H13F2NO2. The van der Waals surface area contributed by atoms with Crippen molar-refractivity contribution in [2.24, 2.45) is 0 Å². The summed E-state index contributed by atoms with van der Waals surface area (Å²) in [4.78, 5) is 14.6. The van der Waals surface area contributed by atoms with E-state index in [9.17, 15) is 13.6 Å². The summed E-state index contributed by atoms with van der Waals surface area (Å²) >= 11 is 0. The molecule has 1 N–H and O–H groups in total. The Labute approximate surface area is 114 Å². The largest absolute Gasteiger partial charge is 0.477 e. The van der Waals surface area contributed by atoms with E-state index < -0.39 is 18.3 Å². The number of nitrogens with zero attached hydrogens (tertiary/aromatic N) is 1. The van der Waals surface area contributed by atoms with Gasteiger partial charge in [0.25, 0.3) is 0 Å². The maximum atomic E-state index is 13.0. The molecule has 0 bridgehead atoms. The Morgan fingerprint density at radius 2 is 2.00 bits per heavy atom. The molecule has 0 saturated carbocycles. The van der Waals surface area contributed by atoms with Gasteiger partial charge in [-0.2, -0.15) is 8.78 Å². The number of halogens is 2. The number of carboxylic acids is 1. The molecule has 2 rings (SSSR count). The predicted octanol–water partition coefficient (Wildman–Crippen LogP) is 3.40. The topological polar surface area (TPSA) is 50.2 Å². The minimum absolute atomic E-state index is 0.0000262. The second-order valence-electron chi connectivity index (χ2n) is 4.42. The summed E-state index contributed by atoms with van der Waals surface area (Å²) in [6.07, 6.45) is 0.939. The molecule has 5 heteroatoms. The van der Waals surface area contributed by atoms with Crippen molar-refractivity contribution in [1.29, 1.82) is 0 Å². The summed E-state index contributed by atoms with van der Waals surface area (Å²) in [6, 6.07) is 12.5. The van der Waals surface area contributed by atoms with Crippen LogP contribution >= 0.6 is 0 Å². The first-order valence-corrected chi connectivity index (χ1v) is 6.10. The number of aliphatic carboxylic acids is 1. The molecule has 1 aromatic heterocycles. The van der Waals surface area contributed by atoms with Crippen LogP contribution in [0.25, 0.3) is 11.3 Å². The van der Waals surface area contributed by atoms with Gasteiger partial charge in [-0.15, -0.1) is 0 Å². The van der Waals surface area contributed by atoms with Gasteiger partial charge in [0.15, 0.2) is 0 Å². The Balaban J connectivity index is 2.13. The minimum atomic E-state index is -3.69. The molecule has 0 aliphatic carbocycles. The lowest BCUT2D eigenvalue weighted by molar-refractivity contribution is -0.165. The highest BCUT2D eigenvalue weighted by molar-refractivity contribution is 5.75. The molecule has 0 aliphatic rings. The molecule has 1 aromatic carbocycles. The van der Waals surface area contributed by atoms with Crippen molar-refractivity contribution >= 4 is 5.97 Å². The average Bonchev–Trinajstić information content (AvgIpc) is 2.46. The molecule has 104 valence electrons. The number of alkyl halides is 2. The van der Waals surface area contributed by atoms with Crippen molar-refractivity contribution in [2.45, 2.75) is 18.8 Å². The van der Waals surface area contributed by atoms with Gasteiger partial charge >= 0.3 is 11.9 Å². The Bertz CT molecular complexity index is 600. The number of hydrogen-bond donors (Lipinski definition) is 1. The summed E-state index contributed by atoms with van der Waals surface area (Å²) < 4.78 is 26.1. The van der Waals surface area contributed by atoms with Crippen molar-refractivity contribution in [3.05, 3.63) is 54.2 Å². The monoisotopic (exact) mass is 277 g/mol. The first-order chi connectivity index (χ1) is 9.49. The van der Waals surface area contributed by atoms with Gasteiger partial charge in [-0.1, -0.05) is 24.3 Å². The third kappa shape index (κ3) is 3.38. The number of aromatic nitrogens is 1. The summed E-state index contributed by atoms with van der Waals surface area (Å²) in [5.41, 5.74) is 2.23. The fraction of sp³-hybridized carbons (Fsp3) is 0.200. The molecule has 3 nitrogen and oxygen atoms in total. The molecule has 2 aromatic rings. The smallest absolute Gasteiger partial charge is 0.374 e. The normalized spacial score (nSPS) is 11.3. The summed E-state index contributed by atoms with van der Waals surface area (Å²) in [5.74, 6) is -5.78. The molecule has 1 heterocycles. The van der Waals surface area contributed by atoms with Crippen LogP contribution in [0.4, 0.5) is 8.78 Å². The maximum absolute atomic E-state index is 13.0. The quantitative estimate of drug-likeness (QED) is 0.911. The van der Waals surface area contributed by atoms with E-state index in [4.69, 9.17) is 5.11 Å². The molecule has 20 heavy (non-hydrogen) atoms. The van der Waals surface area contributed by atoms with Crippen molar-refractivity contribution in [3.8, 4) is 11.3 Å². The Morgan fingerprint density at radius 3 is 2.65 bits per heavy atom. The van der Waals surface area contributed by atoms with Crippen LogP contribution in [0.2, 0.25) is 0 Å². The van der Waals surface area contributed by atoms with Gasteiger partial charge < -0.3 is 5.11 Å². The standard InChI is InChI=1S/C15H13F2NO2/c16-15(17,14(19)20)8-7-11-4-3-5-12(10-11)13-6-1-2-9-18-13/h1-6,9-10H,7-8H2,(H,19,20). The Morgan fingerprint density at radius 1 is 1.20 bits per heavy atom. The third-order valence-electron chi connectivity index (χ3n) is 2.93. The molecule has 0 amide bonds. The van der Waals surface area contributed by atoms with E-state index in [2.05, 4.69) is 4.98 Å². The number of pyridine rings is 1. The molecule has 0 aliphatic heterocycles. The van der Waals surface area contributed by atoms with Gasteiger partial charge in [0.2, 0.25) is 0 Å². The number of carbonyl (C=O) groups is 1. The second-order valence-corrected chi connectivity index (χ2v) is 4.42. The number of rotatable bonds is 5. The summed E-state index contributed by atoms with van der Waals surface area (Å²) in [6.45, 7) is 0. The van der Waals surface area contributed by atoms with E-state index in [0.717, 1.165) is 11.3 Å². The fourth-order valence-corrected chi connectivity index (χ4v) is 1.83. The molecule has 0 radical (unpaired) electrons. The molecule has 0 saturated heterocycles. The highest BCUT2D eigenvalue weighted by Crippen LogP contribution is 2.23. The molecule has 0 spiro atoms. The lowest BCUT2D eigenvalue weighted by atomic mass is 10.0. The van der Waals surface area contributed by atoms with Crippen LogP contribution in [0, 0.1) is 0 Å². The van der Waals surface area contributed by atoms with Crippen LogP contribution in [0.5, 0.6) is 0 Å². The Hall–Kier alpha value is -2.30. The van der Waals surface area contributed by atoms with Gasteiger partial charge in [0.05, 0.1) is 5.69 Å². The maximum Gasteiger partial charge on any atom is 0.374 e. The molecule has 0 unspecified atom stereocenters.